The lowest BCUT2D eigenvalue weighted by Gasteiger charge is -2.22. The molecule has 2 heterocycles. The SMILES string of the molecule is O=C(CSC(=S)N1CCCC1)N1CCCCCC1. The van der Waals surface area contributed by atoms with Gasteiger partial charge in [-0.1, -0.05) is 36.8 Å². The Balaban J connectivity index is 1.71. The van der Waals surface area contributed by atoms with E-state index >= 15 is 0 Å². The Bertz CT molecular complexity index is 295. The number of nitrogens with zero attached hydrogens (tertiary/aromatic N) is 2. The molecule has 0 spiro atoms. The van der Waals surface area contributed by atoms with Crippen LogP contribution in [0, 0.1) is 0 Å². The number of hydrogen-bond acceptors (Lipinski definition) is 3. The molecule has 0 aromatic heterocycles. The summed E-state index contributed by atoms with van der Waals surface area (Å²) in [7, 11) is 0. The van der Waals surface area contributed by atoms with E-state index < -0.39 is 0 Å². The van der Waals surface area contributed by atoms with Crippen LogP contribution in [0.3, 0.4) is 0 Å². The smallest absolute Gasteiger partial charge is 0.233 e. The van der Waals surface area contributed by atoms with Crippen molar-refractivity contribution in [1.29, 1.82) is 0 Å². The zero-order valence-electron chi connectivity index (χ0n) is 10.9. The van der Waals surface area contributed by atoms with Crippen LogP contribution in [0.1, 0.15) is 38.5 Å². The molecule has 0 aromatic carbocycles. The Morgan fingerprint density at radius 3 is 2.00 bits per heavy atom. The van der Waals surface area contributed by atoms with Gasteiger partial charge in [-0.2, -0.15) is 0 Å². The van der Waals surface area contributed by atoms with E-state index in [9.17, 15) is 4.79 Å². The molecular weight excluding hydrogens is 264 g/mol. The van der Waals surface area contributed by atoms with Crippen LogP contribution in [0.2, 0.25) is 0 Å². The Labute approximate surface area is 119 Å². The molecule has 0 bridgehead atoms. The van der Waals surface area contributed by atoms with Gasteiger partial charge in [0.15, 0.2) is 0 Å². The van der Waals surface area contributed by atoms with Crippen LogP contribution < -0.4 is 0 Å². The minimum absolute atomic E-state index is 0.267. The van der Waals surface area contributed by atoms with Gasteiger partial charge in [0.2, 0.25) is 5.91 Å². The van der Waals surface area contributed by atoms with Crippen LogP contribution in [0.25, 0.3) is 0 Å². The molecule has 2 aliphatic rings. The van der Waals surface area contributed by atoms with Gasteiger partial charge in [-0.05, 0) is 25.7 Å². The van der Waals surface area contributed by atoms with Gasteiger partial charge in [-0.3, -0.25) is 4.79 Å². The van der Waals surface area contributed by atoms with Crippen molar-refractivity contribution in [2.24, 2.45) is 0 Å². The standard InChI is InChI=1S/C13H22N2OS2/c16-12(14-7-3-1-2-4-8-14)11-18-13(17)15-9-5-6-10-15/h1-11H2. The lowest BCUT2D eigenvalue weighted by Crippen LogP contribution is -2.34. The second-order valence-electron chi connectivity index (χ2n) is 5.04. The molecule has 0 unspecified atom stereocenters. The molecule has 0 N–H and O–H groups in total. The molecule has 2 rings (SSSR count). The fourth-order valence-corrected chi connectivity index (χ4v) is 3.68. The molecule has 18 heavy (non-hydrogen) atoms. The molecule has 0 radical (unpaired) electrons. The van der Waals surface area contributed by atoms with Gasteiger partial charge < -0.3 is 9.80 Å². The van der Waals surface area contributed by atoms with Crippen molar-refractivity contribution in [2.45, 2.75) is 38.5 Å². The van der Waals surface area contributed by atoms with Crippen molar-refractivity contribution in [3.05, 3.63) is 0 Å². The summed E-state index contributed by atoms with van der Waals surface area (Å²) in [6.45, 7) is 4.03. The van der Waals surface area contributed by atoms with E-state index in [1.165, 1.54) is 25.7 Å². The van der Waals surface area contributed by atoms with Crippen LogP contribution in [-0.4, -0.2) is 52.0 Å². The highest BCUT2D eigenvalue weighted by Gasteiger charge is 2.19. The zero-order valence-corrected chi connectivity index (χ0v) is 12.5. The van der Waals surface area contributed by atoms with Crippen molar-refractivity contribution < 1.29 is 4.79 Å². The summed E-state index contributed by atoms with van der Waals surface area (Å²) in [5.41, 5.74) is 0. The molecule has 102 valence electrons. The molecular formula is C13H22N2OS2. The average Bonchev–Trinajstić information content (AvgIpc) is 2.78. The van der Waals surface area contributed by atoms with E-state index in [0.29, 0.717) is 5.75 Å². The van der Waals surface area contributed by atoms with Crippen LogP contribution in [-0.2, 0) is 4.79 Å². The van der Waals surface area contributed by atoms with Crippen molar-refractivity contribution in [1.82, 2.24) is 9.80 Å². The van der Waals surface area contributed by atoms with Crippen molar-refractivity contribution in [2.75, 3.05) is 31.9 Å². The van der Waals surface area contributed by atoms with E-state index in [0.717, 1.165) is 43.3 Å². The molecule has 0 saturated carbocycles. The van der Waals surface area contributed by atoms with Gasteiger partial charge in [-0.15, -0.1) is 0 Å². The Morgan fingerprint density at radius 2 is 1.39 bits per heavy atom. The van der Waals surface area contributed by atoms with E-state index in [1.807, 2.05) is 4.90 Å². The number of hydrogen-bond donors (Lipinski definition) is 0. The minimum atomic E-state index is 0.267. The molecule has 1 amide bonds. The van der Waals surface area contributed by atoms with Gasteiger partial charge in [0.25, 0.3) is 0 Å². The summed E-state index contributed by atoms with van der Waals surface area (Å²) in [4.78, 5) is 16.3. The first-order valence-electron chi connectivity index (χ1n) is 6.97. The summed E-state index contributed by atoms with van der Waals surface area (Å²) >= 11 is 6.93. The highest BCUT2D eigenvalue weighted by atomic mass is 32.2. The molecule has 0 aliphatic carbocycles. The zero-order chi connectivity index (χ0) is 12.8. The highest BCUT2D eigenvalue weighted by molar-refractivity contribution is 8.23. The van der Waals surface area contributed by atoms with E-state index in [-0.39, 0.29) is 5.91 Å². The molecule has 2 fully saturated rings. The van der Waals surface area contributed by atoms with Gasteiger partial charge >= 0.3 is 0 Å². The number of amides is 1. The lowest BCUT2D eigenvalue weighted by molar-refractivity contribution is -0.128. The summed E-state index contributed by atoms with van der Waals surface area (Å²) in [6, 6.07) is 0. The van der Waals surface area contributed by atoms with Gasteiger partial charge in [0, 0.05) is 26.2 Å². The number of likely N-dealkylation sites (tertiary alicyclic amines) is 2. The number of carbonyl (C=O) groups excluding carboxylic acids is 1. The number of thioether (sulfide) groups is 1. The maximum Gasteiger partial charge on any atom is 0.233 e. The van der Waals surface area contributed by atoms with Crippen molar-refractivity contribution in [3.63, 3.8) is 0 Å². The third-order valence-corrected chi connectivity index (χ3v) is 5.15. The topological polar surface area (TPSA) is 23.6 Å². The molecule has 0 atom stereocenters. The van der Waals surface area contributed by atoms with Crippen LogP contribution >= 0.6 is 24.0 Å². The Morgan fingerprint density at radius 1 is 0.889 bits per heavy atom. The molecule has 2 aliphatic heterocycles. The predicted molar refractivity (Wildman–Crippen MR) is 80.9 cm³/mol. The van der Waals surface area contributed by atoms with Crippen LogP contribution in [0.5, 0.6) is 0 Å². The number of rotatable bonds is 2. The summed E-state index contributed by atoms with van der Waals surface area (Å²) < 4.78 is 0.913. The Hall–Kier alpha value is -0.290. The summed E-state index contributed by atoms with van der Waals surface area (Å²) in [5.74, 6) is 0.790. The van der Waals surface area contributed by atoms with Crippen molar-refractivity contribution >= 4 is 34.2 Å². The van der Waals surface area contributed by atoms with Crippen LogP contribution in [0.4, 0.5) is 0 Å². The number of thiocarbonyl (C=S) groups is 1. The second-order valence-corrected chi connectivity index (χ2v) is 6.65. The highest BCUT2D eigenvalue weighted by Crippen LogP contribution is 2.17. The van der Waals surface area contributed by atoms with E-state index in [4.69, 9.17) is 12.2 Å². The van der Waals surface area contributed by atoms with Gasteiger partial charge in [-0.25, -0.2) is 0 Å². The monoisotopic (exact) mass is 286 g/mol. The average molecular weight is 286 g/mol. The van der Waals surface area contributed by atoms with Gasteiger partial charge in [0.05, 0.1) is 5.75 Å². The van der Waals surface area contributed by atoms with Crippen molar-refractivity contribution in [3.8, 4) is 0 Å². The first kappa shape index (κ1) is 14.1. The molecule has 2 saturated heterocycles. The Kier molecular flexibility index (Phi) is 5.76. The fourth-order valence-electron chi connectivity index (χ4n) is 2.53. The van der Waals surface area contributed by atoms with Gasteiger partial charge in [0.1, 0.15) is 4.32 Å². The molecule has 3 nitrogen and oxygen atoms in total. The summed E-state index contributed by atoms with van der Waals surface area (Å²) in [6.07, 6.45) is 7.33. The second kappa shape index (κ2) is 7.34. The maximum atomic E-state index is 12.1. The van der Waals surface area contributed by atoms with Crippen LogP contribution in [0.15, 0.2) is 0 Å². The summed E-state index contributed by atoms with van der Waals surface area (Å²) in [5, 5.41) is 0. The fraction of sp³-hybridized carbons (Fsp3) is 0.846. The first-order chi connectivity index (χ1) is 8.77. The molecule has 0 aromatic rings. The largest absolute Gasteiger partial charge is 0.358 e. The predicted octanol–water partition coefficient (Wildman–Crippen LogP) is 2.50. The molecule has 5 heteroatoms. The lowest BCUT2D eigenvalue weighted by atomic mass is 10.2. The van der Waals surface area contributed by atoms with E-state index in [2.05, 4.69) is 4.90 Å². The minimum Gasteiger partial charge on any atom is -0.358 e. The third kappa shape index (κ3) is 4.12. The quantitative estimate of drug-likeness (QED) is 0.728. The third-order valence-electron chi connectivity index (χ3n) is 3.64. The normalized spacial score (nSPS) is 20.9. The van der Waals surface area contributed by atoms with E-state index in [1.54, 1.807) is 11.8 Å². The first-order valence-corrected chi connectivity index (χ1v) is 8.36. The number of carbonyl (C=O) groups is 1. The maximum absolute atomic E-state index is 12.1.